The summed E-state index contributed by atoms with van der Waals surface area (Å²) < 4.78 is 40.3. The number of aromatic nitrogens is 2. The topological polar surface area (TPSA) is 41.1 Å². The van der Waals surface area contributed by atoms with E-state index >= 15 is 0 Å². The maximum Gasteiger partial charge on any atom is 0.196 e. The second-order valence-electron chi connectivity index (χ2n) is 5.40. The molecule has 0 aliphatic rings. The summed E-state index contributed by atoms with van der Waals surface area (Å²) in [5.41, 5.74) is 0.705. The summed E-state index contributed by atoms with van der Waals surface area (Å²) in [5, 5.41) is 2.67. The molecular weight excluding hydrogens is 329 g/mol. The highest BCUT2D eigenvalue weighted by molar-refractivity contribution is 5.65. The lowest BCUT2D eigenvalue weighted by atomic mass is 10.2. The van der Waals surface area contributed by atoms with Crippen molar-refractivity contribution in [2.75, 3.05) is 17.3 Å². The van der Waals surface area contributed by atoms with E-state index in [1.54, 1.807) is 13.0 Å². The lowest BCUT2D eigenvalue weighted by Gasteiger charge is -2.19. The van der Waals surface area contributed by atoms with Crippen molar-refractivity contribution >= 4 is 23.0 Å². The molecule has 0 aliphatic heterocycles. The molecule has 3 rings (SSSR count). The molecule has 0 radical (unpaired) electrons. The molecular formula is C18H15F3N4. The minimum Gasteiger partial charge on any atom is -0.338 e. The lowest BCUT2D eigenvalue weighted by Crippen LogP contribution is -2.13. The smallest absolute Gasteiger partial charge is 0.196 e. The fraction of sp³-hybridized carbons (Fsp3) is 0.111. The maximum absolute atomic E-state index is 13.8. The van der Waals surface area contributed by atoms with Gasteiger partial charge in [-0.25, -0.2) is 23.1 Å². The van der Waals surface area contributed by atoms with Gasteiger partial charge < -0.3 is 10.2 Å². The first-order valence-corrected chi connectivity index (χ1v) is 7.50. The molecule has 0 fully saturated rings. The van der Waals surface area contributed by atoms with E-state index in [2.05, 4.69) is 15.3 Å². The Morgan fingerprint density at radius 3 is 2.36 bits per heavy atom. The van der Waals surface area contributed by atoms with Gasteiger partial charge in [-0.15, -0.1) is 0 Å². The first kappa shape index (κ1) is 16.8. The van der Waals surface area contributed by atoms with Gasteiger partial charge in [0, 0.05) is 18.8 Å². The Morgan fingerprint density at radius 2 is 1.64 bits per heavy atom. The number of hydrogen-bond acceptors (Lipinski definition) is 4. The van der Waals surface area contributed by atoms with Crippen molar-refractivity contribution in [3.63, 3.8) is 0 Å². The highest BCUT2D eigenvalue weighted by atomic mass is 19.2. The Bertz CT molecular complexity index is 900. The van der Waals surface area contributed by atoms with E-state index in [-0.39, 0.29) is 11.5 Å². The van der Waals surface area contributed by atoms with E-state index in [9.17, 15) is 13.2 Å². The van der Waals surface area contributed by atoms with Crippen LogP contribution in [0.3, 0.4) is 0 Å². The Labute approximate surface area is 143 Å². The van der Waals surface area contributed by atoms with E-state index < -0.39 is 17.5 Å². The summed E-state index contributed by atoms with van der Waals surface area (Å²) in [6.07, 6.45) is 0. The van der Waals surface area contributed by atoms with E-state index in [1.165, 1.54) is 0 Å². The molecule has 0 saturated carbocycles. The zero-order valence-electron chi connectivity index (χ0n) is 13.6. The lowest BCUT2D eigenvalue weighted by molar-refractivity contribution is 0.449. The van der Waals surface area contributed by atoms with Crippen molar-refractivity contribution in [3.8, 4) is 0 Å². The van der Waals surface area contributed by atoms with Crippen LogP contribution in [0.4, 0.5) is 36.2 Å². The zero-order chi connectivity index (χ0) is 18.0. The van der Waals surface area contributed by atoms with Crippen molar-refractivity contribution < 1.29 is 13.2 Å². The Kier molecular flexibility index (Phi) is 4.56. The predicted molar refractivity (Wildman–Crippen MR) is 90.9 cm³/mol. The number of aryl methyl sites for hydroxylation is 1. The predicted octanol–water partition coefficient (Wildman–Crippen LogP) is 4.71. The molecule has 128 valence electrons. The molecule has 25 heavy (non-hydrogen) atoms. The van der Waals surface area contributed by atoms with Gasteiger partial charge in [-0.05, 0) is 31.2 Å². The Hall–Kier alpha value is -3.09. The molecule has 7 heteroatoms. The summed E-state index contributed by atoms with van der Waals surface area (Å²) in [7, 11) is 1.83. The summed E-state index contributed by atoms with van der Waals surface area (Å²) >= 11 is 0. The highest BCUT2D eigenvalue weighted by Gasteiger charge is 2.15. The van der Waals surface area contributed by atoms with Crippen molar-refractivity contribution in [2.45, 2.75) is 6.92 Å². The molecule has 0 bridgehead atoms. The van der Waals surface area contributed by atoms with Gasteiger partial charge in [0.2, 0.25) is 0 Å². The quantitative estimate of drug-likeness (QED) is 0.696. The summed E-state index contributed by atoms with van der Waals surface area (Å²) in [6, 6.07) is 13.1. The van der Waals surface area contributed by atoms with Crippen LogP contribution in [0.2, 0.25) is 0 Å². The maximum atomic E-state index is 13.8. The second-order valence-corrected chi connectivity index (χ2v) is 5.40. The first-order chi connectivity index (χ1) is 12.0. The normalized spacial score (nSPS) is 10.6. The second kappa shape index (κ2) is 6.80. The van der Waals surface area contributed by atoms with Gasteiger partial charge in [0.25, 0.3) is 0 Å². The summed E-state index contributed by atoms with van der Waals surface area (Å²) in [6.45, 7) is 1.69. The minimum absolute atomic E-state index is 0.203. The largest absolute Gasteiger partial charge is 0.338 e. The molecule has 0 saturated heterocycles. The Balaban J connectivity index is 1.94. The minimum atomic E-state index is -1.53. The number of hydrogen-bond donors (Lipinski definition) is 1. The molecule has 1 heterocycles. The van der Waals surface area contributed by atoms with E-state index in [0.29, 0.717) is 11.6 Å². The fourth-order valence-electron chi connectivity index (χ4n) is 2.33. The van der Waals surface area contributed by atoms with Gasteiger partial charge >= 0.3 is 0 Å². The van der Waals surface area contributed by atoms with Gasteiger partial charge in [0.05, 0.1) is 5.69 Å². The zero-order valence-corrected chi connectivity index (χ0v) is 13.6. The molecule has 4 nitrogen and oxygen atoms in total. The van der Waals surface area contributed by atoms with Crippen LogP contribution in [0, 0.1) is 24.4 Å². The molecule has 0 aliphatic carbocycles. The highest BCUT2D eigenvalue weighted by Crippen LogP contribution is 2.26. The van der Waals surface area contributed by atoms with E-state index in [1.807, 2.05) is 42.3 Å². The molecule has 0 unspecified atom stereocenters. The van der Waals surface area contributed by atoms with Crippen molar-refractivity contribution in [3.05, 3.63) is 71.8 Å². The van der Waals surface area contributed by atoms with Crippen LogP contribution in [-0.2, 0) is 0 Å². The molecule has 0 amide bonds. The van der Waals surface area contributed by atoms with Crippen LogP contribution in [0.1, 0.15) is 5.82 Å². The fourth-order valence-corrected chi connectivity index (χ4v) is 2.33. The number of benzene rings is 2. The van der Waals surface area contributed by atoms with Gasteiger partial charge in [0.1, 0.15) is 17.5 Å². The first-order valence-electron chi connectivity index (χ1n) is 7.50. The number of nitrogens with zero attached hydrogens (tertiary/aromatic N) is 3. The third-order valence-electron chi connectivity index (χ3n) is 3.61. The van der Waals surface area contributed by atoms with Gasteiger partial charge in [-0.2, -0.15) is 0 Å². The Morgan fingerprint density at radius 1 is 0.920 bits per heavy atom. The van der Waals surface area contributed by atoms with Crippen LogP contribution in [0.15, 0.2) is 48.5 Å². The number of anilines is 4. The molecule has 1 N–H and O–H groups in total. The molecule has 0 atom stereocenters. The van der Waals surface area contributed by atoms with Crippen LogP contribution in [0.5, 0.6) is 0 Å². The van der Waals surface area contributed by atoms with Crippen molar-refractivity contribution in [2.24, 2.45) is 0 Å². The van der Waals surface area contributed by atoms with Crippen LogP contribution in [-0.4, -0.2) is 17.0 Å². The SMILES string of the molecule is Cc1nc(Nc2ccc(F)c(F)c2F)cc(N(C)c2ccccc2)n1. The average Bonchev–Trinajstić information content (AvgIpc) is 2.62. The average molecular weight is 344 g/mol. The van der Waals surface area contributed by atoms with Gasteiger partial charge in [-0.1, -0.05) is 18.2 Å². The van der Waals surface area contributed by atoms with Crippen LogP contribution >= 0.6 is 0 Å². The summed E-state index contributed by atoms with van der Waals surface area (Å²) in [4.78, 5) is 10.4. The molecule has 0 spiro atoms. The van der Waals surface area contributed by atoms with Gasteiger partial charge in [-0.3, -0.25) is 0 Å². The van der Waals surface area contributed by atoms with Crippen molar-refractivity contribution in [1.82, 2.24) is 9.97 Å². The molecule has 1 aromatic heterocycles. The monoisotopic (exact) mass is 344 g/mol. The van der Waals surface area contributed by atoms with E-state index in [0.717, 1.165) is 17.8 Å². The van der Waals surface area contributed by atoms with E-state index in [4.69, 9.17) is 0 Å². The molecule has 2 aromatic carbocycles. The number of para-hydroxylation sites is 1. The molecule has 3 aromatic rings. The van der Waals surface area contributed by atoms with Crippen molar-refractivity contribution in [1.29, 1.82) is 0 Å². The number of halogens is 3. The van der Waals surface area contributed by atoms with Crippen LogP contribution in [0.25, 0.3) is 0 Å². The van der Waals surface area contributed by atoms with Crippen LogP contribution < -0.4 is 10.2 Å². The van der Waals surface area contributed by atoms with Gasteiger partial charge in [0.15, 0.2) is 17.5 Å². The number of nitrogens with one attached hydrogen (secondary N) is 1. The standard InChI is InChI=1S/C18H15F3N4/c1-11-22-15(24-14-9-8-13(19)17(20)18(14)21)10-16(23-11)25(2)12-6-4-3-5-7-12/h3-10H,1-2H3,(H,22,23,24). The third-order valence-corrected chi connectivity index (χ3v) is 3.61. The summed E-state index contributed by atoms with van der Waals surface area (Å²) in [5.74, 6) is -2.77. The third kappa shape index (κ3) is 3.55. The number of rotatable bonds is 4.